The number of rotatable bonds is 7. The molecule has 164 valence electrons. The fourth-order valence-electron chi connectivity index (χ4n) is 4.21. The maximum absolute atomic E-state index is 12.7. The average molecular weight is 416 g/mol. The third-order valence-corrected chi connectivity index (χ3v) is 5.96. The number of nitrogens with zero attached hydrogens (tertiary/aromatic N) is 6. The Hall–Kier alpha value is -2.26. The number of hydrogen-bond donors (Lipinski definition) is 1. The van der Waals surface area contributed by atoms with E-state index >= 15 is 0 Å². The molecule has 1 amide bonds. The Balaban J connectivity index is 1.31. The molecule has 0 spiro atoms. The summed E-state index contributed by atoms with van der Waals surface area (Å²) < 4.78 is 7.21. The van der Waals surface area contributed by atoms with Gasteiger partial charge < -0.3 is 15.0 Å². The predicted molar refractivity (Wildman–Crippen MR) is 115 cm³/mol. The number of hydrogen-bond acceptors (Lipinski definition) is 7. The quantitative estimate of drug-likeness (QED) is 0.682. The Morgan fingerprint density at radius 1 is 1.23 bits per heavy atom. The maximum Gasteiger partial charge on any atom is 0.224 e. The standard InChI is InChI=1S/C21H33N7O2/c1-16(2)20-24-23-18-6-7-19(25-28(18)20)27-10-3-5-17(15-27)21(29)22-8-4-9-26-11-13-30-14-12-26/h6-7,16-17H,3-5,8-15H2,1-2H3,(H,22,29)/t17-/m0/s1. The molecule has 2 aromatic rings. The molecule has 4 heterocycles. The number of carbonyl (C=O) groups excluding carboxylic acids is 1. The van der Waals surface area contributed by atoms with E-state index in [0.717, 1.165) is 82.5 Å². The van der Waals surface area contributed by atoms with E-state index in [-0.39, 0.29) is 17.7 Å². The van der Waals surface area contributed by atoms with Crippen LogP contribution in [0.2, 0.25) is 0 Å². The fraction of sp³-hybridized carbons (Fsp3) is 0.714. The van der Waals surface area contributed by atoms with Crippen LogP contribution in [0.5, 0.6) is 0 Å². The number of aromatic nitrogens is 4. The molecule has 4 rings (SSSR count). The third-order valence-electron chi connectivity index (χ3n) is 5.96. The number of anilines is 1. The van der Waals surface area contributed by atoms with Gasteiger partial charge in [0.05, 0.1) is 19.1 Å². The van der Waals surface area contributed by atoms with Crippen LogP contribution in [0.4, 0.5) is 5.82 Å². The van der Waals surface area contributed by atoms with E-state index < -0.39 is 0 Å². The Morgan fingerprint density at radius 3 is 2.87 bits per heavy atom. The van der Waals surface area contributed by atoms with Crippen LogP contribution in [0, 0.1) is 5.92 Å². The number of amides is 1. The SMILES string of the molecule is CC(C)c1nnc2ccc(N3CCC[C@H](C(=O)NCCCN4CCOCC4)C3)nn12. The number of fused-ring (bicyclic) bond motifs is 1. The maximum atomic E-state index is 12.7. The molecule has 0 aromatic carbocycles. The van der Waals surface area contributed by atoms with E-state index in [0.29, 0.717) is 6.54 Å². The normalized spacial score (nSPS) is 20.8. The summed E-state index contributed by atoms with van der Waals surface area (Å²) >= 11 is 0. The molecule has 30 heavy (non-hydrogen) atoms. The van der Waals surface area contributed by atoms with Crippen molar-refractivity contribution in [1.29, 1.82) is 0 Å². The van der Waals surface area contributed by atoms with Crippen LogP contribution in [-0.4, -0.2) is 83.1 Å². The second-order valence-electron chi connectivity index (χ2n) is 8.56. The lowest BCUT2D eigenvalue weighted by Gasteiger charge is -2.33. The number of morpholine rings is 1. The molecule has 1 atom stereocenters. The number of carbonyl (C=O) groups is 1. The Kier molecular flexibility index (Phi) is 6.79. The van der Waals surface area contributed by atoms with Gasteiger partial charge in [-0.25, -0.2) is 0 Å². The second-order valence-corrected chi connectivity index (χ2v) is 8.56. The monoisotopic (exact) mass is 415 g/mol. The van der Waals surface area contributed by atoms with Gasteiger partial charge in [-0.2, -0.15) is 4.52 Å². The van der Waals surface area contributed by atoms with Crippen LogP contribution in [0.25, 0.3) is 5.65 Å². The molecule has 0 bridgehead atoms. The van der Waals surface area contributed by atoms with E-state index in [1.165, 1.54) is 0 Å². The zero-order chi connectivity index (χ0) is 20.9. The largest absolute Gasteiger partial charge is 0.379 e. The summed E-state index contributed by atoms with van der Waals surface area (Å²) in [5.74, 6) is 2.16. The van der Waals surface area contributed by atoms with Crippen LogP contribution < -0.4 is 10.2 Å². The number of piperidine rings is 1. The molecule has 0 unspecified atom stereocenters. The highest BCUT2D eigenvalue weighted by Crippen LogP contribution is 2.23. The van der Waals surface area contributed by atoms with Gasteiger partial charge in [-0.3, -0.25) is 9.69 Å². The molecule has 2 aliphatic rings. The minimum atomic E-state index is 0.00474. The smallest absolute Gasteiger partial charge is 0.224 e. The summed E-state index contributed by atoms with van der Waals surface area (Å²) in [7, 11) is 0. The Morgan fingerprint density at radius 2 is 2.07 bits per heavy atom. The van der Waals surface area contributed by atoms with E-state index in [1.807, 2.05) is 16.6 Å². The average Bonchev–Trinajstić information content (AvgIpc) is 3.21. The van der Waals surface area contributed by atoms with Crippen molar-refractivity contribution in [3.8, 4) is 0 Å². The molecule has 0 saturated carbocycles. The number of nitrogens with one attached hydrogen (secondary N) is 1. The van der Waals surface area contributed by atoms with Crippen molar-refractivity contribution in [2.24, 2.45) is 5.92 Å². The molecule has 9 nitrogen and oxygen atoms in total. The van der Waals surface area contributed by atoms with Crippen molar-refractivity contribution in [2.45, 2.75) is 39.0 Å². The van der Waals surface area contributed by atoms with Gasteiger partial charge >= 0.3 is 0 Å². The minimum absolute atomic E-state index is 0.00474. The van der Waals surface area contributed by atoms with Gasteiger partial charge in [0, 0.05) is 38.6 Å². The second kappa shape index (κ2) is 9.70. The summed E-state index contributed by atoms with van der Waals surface area (Å²) in [6.07, 6.45) is 2.90. The molecule has 0 aliphatic carbocycles. The van der Waals surface area contributed by atoms with Crippen molar-refractivity contribution < 1.29 is 9.53 Å². The highest BCUT2D eigenvalue weighted by atomic mass is 16.5. The summed E-state index contributed by atoms with van der Waals surface area (Å²) in [6, 6.07) is 3.94. The lowest BCUT2D eigenvalue weighted by molar-refractivity contribution is -0.125. The van der Waals surface area contributed by atoms with E-state index in [9.17, 15) is 4.79 Å². The third kappa shape index (κ3) is 4.89. The highest BCUT2D eigenvalue weighted by Gasteiger charge is 2.27. The first-order valence-electron chi connectivity index (χ1n) is 11.2. The van der Waals surface area contributed by atoms with Gasteiger partial charge in [0.25, 0.3) is 0 Å². The van der Waals surface area contributed by atoms with E-state index in [2.05, 4.69) is 39.2 Å². The molecule has 2 aliphatic heterocycles. The van der Waals surface area contributed by atoms with Crippen molar-refractivity contribution in [3.63, 3.8) is 0 Å². The van der Waals surface area contributed by atoms with Gasteiger partial charge in [-0.15, -0.1) is 15.3 Å². The zero-order valence-corrected chi connectivity index (χ0v) is 18.1. The molecular weight excluding hydrogens is 382 g/mol. The van der Waals surface area contributed by atoms with Crippen molar-refractivity contribution in [1.82, 2.24) is 30.0 Å². The van der Waals surface area contributed by atoms with Gasteiger partial charge in [0.15, 0.2) is 11.5 Å². The summed E-state index contributed by atoms with van der Waals surface area (Å²) in [5.41, 5.74) is 0.758. The van der Waals surface area contributed by atoms with Crippen molar-refractivity contribution in [2.75, 3.05) is 57.4 Å². The van der Waals surface area contributed by atoms with E-state index in [4.69, 9.17) is 9.84 Å². The van der Waals surface area contributed by atoms with Crippen LogP contribution in [0.15, 0.2) is 12.1 Å². The summed E-state index contributed by atoms with van der Waals surface area (Å²) in [6.45, 7) is 11.2. The molecule has 0 radical (unpaired) electrons. The highest BCUT2D eigenvalue weighted by molar-refractivity contribution is 5.79. The predicted octanol–water partition coefficient (Wildman–Crippen LogP) is 1.30. The van der Waals surface area contributed by atoms with Crippen molar-refractivity contribution >= 4 is 17.4 Å². The number of ether oxygens (including phenoxy) is 1. The Bertz CT molecular complexity index is 847. The van der Waals surface area contributed by atoms with Gasteiger partial charge in [-0.05, 0) is 37.9 Å². The first-order chi connectivity index (χ1) is 14.6. The van der Waals surface area contributed by atoms with Crippen LogP contribution in [-0.2, 0) is 9.53 Å². The molecule has 9 heteroatoms. The first kappa shape index (κ1) is 21.0. The lowest BCUT2D eigenvalue weighted by atomic mass is 9.97. The molecule has 1 N–H and O–H groups in total. The van der Waals surface area contributed by atoms with Crippen LogP contribution in [0.3, 0.4) is 0 Å². The molecule has 2 saturated heterocycles. The topological polar surface area (TPSA) is 87.9 Å². The molecule has 2 fully saturated rings. The zero-order valence-electron chi connectivity index (χ0n) is 18.1. The summed E-state index contributed by atoms with van der Waals surface area (Å²) in [4.78, 5) is 17.3. The van der Waals surface area contributed by atoms with Gasteiger partial charge in [0.1, 0.15) is 5.82 Å². The fourth-order valence-corrected chi connectivity index (χ4v) is 4.21. The van der Waals surface area contributed by atoms with Crippen LogP contribution >= 0.6 is 0 Å². The van der Waals surface area contributed by atoms with Gasteiger partial charge in [0.2, 0.25) is 5.91 Å². The van der Waals surface area contributed by atoms with E-state index in [1.54, 1.807) is 0 Å². The van der Waals surface area contributed by atoms with Gasteiger partial charge in [-0.1, -0.05) is 13.8 Å². The van der Waals surface area contributed by atoms with Crippen molar-refractivity contribution in [3.05, 3.63) is 18.0 Å². The summed E-state index contributed by atoms with van der Waals surface area (Å²) in [5, 5.41) is 16.4. The lowest BCUT2D eigenvalue weighted by Crippen LogP contribution is -2.44. The first-order valence-corrected chi connectivity index (χ1v) is 11.2. The molecule has 2 aromatic heterocycles. The van der Waals surface area contributed by atoms with Crippen LogP contribution in [0.1, 0.15) is 44.9 Å². The molecular formula is C21H33N7O2. The minimum Gasteiger partial charge on any atom is -0.379 e. The Labute approximate surface area is 177 Å².